The molecule has 2 amide bonds. The minimum absolute atomic E-state index is 0.0862. The van der Waals surface area contributed by atoms with Crippen LogP contribution in [-0.2, 0) is 18.9 Å². The number of hydrogen-bond donors (Lipinski definition) is 4. The largest absolute Gasteiger partial charge is 0.493 e. The number of benzene rings is 2. The number of fused-ring (bicyclic) bond motifs is 1. The number of methoxy groups -OCH3 is 2. The Balaban J connectivity index is 2.17. The number of para-hydroxylation sites is 1. The van der Waals surface area contributed by atoms with Gasteiger partial charge in [0.15, 0.2) is 11.5 Å². The normalized spacial score (nSPS) is 18.0. The maximum Gasteiger partial charge on any atom is 0.344 e. The smallest absolute Gasteiger partial charge is 0.344 e. The predicted molar refractivity (Wildman–Crippen MR) is 141 cm³/mol. The molecule has 3 rings (SSSR count). The molecule has 0 saturated heterocycles. The van der Waals surface area contributed by atoms with E-state index in [9.17, 15) is 19.3 Å². The van der Waals surface area contributed by atoms with Crippen molar-refractivity contribution in [1.29, 1.82) is 0 Å². The lowest BCUT2D eigenvalue weighted by molar-refractivity contribution is -0.138. The molecular weight excluding hydrogens is 539 g/mol. The summed E-state index contributed by atoms with van der Waals surface area (Å²) in [5, 5.41) is 12.5. The minimum Gasteiger partial charge on any atom is -0.493 e. The van der Waals surface area contributed by atoms with Crippen molar-refractivity contribution in [2.24, 2.45) is 5.41 Å². The van der Waals surface area contributed by atoms with Gasteiger partial charge in [-0.3, -0.25) is 14.2 Å². The molecule has 1 aliphatic rings. The van der Waals surface area contributed by atoms with E-state index in [1.165, 1.54) is 19.1 Å². The van der Waals surface area contributed by atoms with Crippen LogP contribution in [0.2, 0.25) is 5.02 Å². The molecule has 38 heavy (non-hydrogen) atoms. The van der Waals surface area contributed by atoms with E-state index in [1.807, 2.05) is 0 Å². The van der Waals surface area contributed by atoms with Gasteiger partial charge >= 0.3 is 7.60 Å². The summed E-state index contributed by atoms with van der Waals surface area (Å²) >= 11 is 6.37. The zero-order valence-corrected chi connectivity index (χ0v) is 23.2. The van der Waals surface area contributed by atoms with Crippen molar-refractivity contribution < 1.29 is 43.3 Å². The number of aliphatic hydroxyl groups excluding tert-OH is 1. The van der Waals surface area contributed by atoms with Crippen molar-refractivity contribution >= 4 is 36.7 Å². The first-order valence-corrected chi connectivity index (χ1v) is 13.9. The fourth-order valence-corrected chi connectivity index (χ4v) is 4.70. The first-order chi connectivity index (χ1) is 17.8. The van der Waals surface area contributed by atoms with Crippen molar-refractivity contribution in [3.05, 3.63) is 52.5 Å². The van der Waals surface area contributed by atoms with Gasteiger partial charge in [0, 0.05) is 40.4 Å². The monoisotopic (exact) mass is 570 g/mol. The second-order valence-electron chi connectivity index (χ2n) is 9.66. The van der Waals surface area contributed by atoms with Gasteiger partial charge < -0.3 is 39.3 Å². The highest BCUT2D eigenvalue weighted by molar-refractivity contribution is 7.51. The molecule has 0 saturated carbocycles. The summed E-state index contributed by atoms with van der Waals surface area (Å²) in [4.78, 5) is 46.2. The van der Waals surface area contributed by atoms with Crippen LogP contribution in [0.25, 0.3) is 0 Å². The Morgan fingerprint density at radius 1 is 1.18 bits per heavy atom. The zero-order valence-electron chi connectivity index (χ0n) is 21.5. The van der Waals surface area contributed by atoms with Gasteiger partial charge in [-0.15, -0.1) is 0 Å². The highest BCUT2D eigenvalue weighted by Gasteiger charge is 2.40. The van der Waals surface area contributed by atoms with E-state index in [0.29, 0.717) is 33.3 Å². The van der Waals surface area contributed by atoms with Crippen LogP contribution in [0.15, 0.2) is 36.4 Å². The highest BCUT2D eigenvalue weighted by atomic mass is 35.5. The Morgan fingerprint density at radius 2 is 1.89 bits per heavy atom. The summed E-state index contributed by atoms with van der Waals surface area (Å²) in [5.74, 6) is -0.576. The fourth-order valence-electron chi connectivity index (χ4n) is 4.14. The van der Waals surface area contributed by atoms with Gasteiger partial charge in [0.25, 0.3) is 5.91 Å². The molecule has 2 aromatic carbocycles. The summed E-state index contributed by atoms with van der Waals surface area (Å²) in [6.45, 7) is 3.43. The average Bonchev–Trinajstić information content (AvgIpc) is 2.96. The third kappa shape index (κ3) is 7.05. The molecule has 0 bridgehead atoms. The highest BCUT2D eigenvalue weighted by Crippen LogP contribution is 2.45. The van der Waals surface area contributed by atoms with Crippen molar-refractivity contribution in [3.8, 4) is 11.5 Å². The van der Waals surface area contributed by atoms with E-state index in [4.69, 9.17) is 35.6 Å². The molecule has 1 heterocycles. The van der Waals surface area contributed by atoms with Gasteiger partial charge in [-0.05, 0) is 24.3 Å². The number of amides is 2. The topological polar surface area (TPSA) is 155 Å². The van der Waals surface area contributed by atoms with E-state index in [1.54, 1.807) is 50.2 Å². The maximum absolute atomic E-state index is 13.9. The standard InChI is InChI=1S/C25H32ClN2O9P/c1-25(2,13-29)12-28-18-9-8-15(26)10-17(18)22(16-6-5-7-19(35-3)23(16)36-4)37-20(24(28)31)11-21(30)27-14-38(32,33)34/h5-10,20,22,29H,11-14H2,1-4H3,(H,27,30)(H2,32,33,34)/t20-,22-/m1/s1. The molecule has 208 valence electrons. The van der Waals surface area contributed by atoms with Crippen molar-refractivity contribution in [1.82, 2.24) is 5.32 Å². The molecule has 0 radical (unpaired) electrons. The zero-order chi connectivity index (χ0) is 28.3. The molecule has 2 aromatic rings. The average molecular weight is 571 g/mol. The lowest BCUT2D eigenvalue weighted by atomic mass is 9.92. The molecule has 0 aromatic heterocycles. The number of ether oxygens (including phenoxy) is 3. The predicted octanol–water partition coefficient (Wildman–Crippen LogP) is 2.84. The van der Waals surface area contributed by atoms with E-state index in [2.05, 4.69) is 5.32 Å². The molecule has 2 atom stereocenters. The van der Waals surface area contributed by atoms with Gasteiger partial charge in [-0.25, -0.2) is 0 Å². The number of halogens is 1. The van der Waals surface area contributed by atoms with Crippen LogP contribution >= 0.6 is 19.2 Å². The van der Waals surface area contributed by atoms with E-state index >= 15 is 0 Å². The molecule has 11 nitrogen and oxygen atoms in total. The molecule has 1 aliphatic heterocycles. The number of nitrogens with zero attached hydrogens (tertiary/aromatic N) is 1. The van der Waals surface area contributed by atoms with E-state index in [-0.39, 0.29) is 13.2 Å². The summed E-state index contributed by atoms with van der Waals surface area (Å²) in [7, 11) is -1.57. The molecule has 0 spiro atoms. The lowest BCUT2D eigenvalue weighted by Gasteiger charge is -2.32. The Bertz CT molecular complexity index is 1230. The van der Waals surface area contributed by atoms with Crippen molar-refractivity contribution in [2.75, 3.05) is 38.6 Å². The summed E-state index contributed by atoms with van der Waals surface area (Å²) in [6.07, 6.45) is -3.69. The Hall–Kier alpha value is -2.66. The van der Waals surface area contributed by atoms with Gasteiger partial charge in [0.05, 0.1) is 20.6 Å². The SMILES string of the molecule is COc1cccc([C@H]2O[C@H](CC(=O)NCP(=O)(O)O)C(=O)N(CC(C)(C)CO)c3ccc(Cl)cc32)c1OC. The van der Waals surface area contributed by atoms with Crippen molar-refractivity contribution in [2.45, 2.75) is 32.5 Å². The quantitative estimate of drug-likeness (QED) is 0.316. The van der Waals surface area contributed by atoms with Gasteiger partial charge in [-0.2, -0.15) is 0 Å². The van der Waals surface area contributed by atoms with Crippen LogP contribution in [0, 0.1) is 5.41 Å². The fraction of sp³-hybridized carbons (Fsp3) is 0.440. The van der Waals surface area contributed by atoms with Crippen LogP contribution in [0.3, 0.4) is 0 Å². The Labute approximate surface area is 225 Å². The second-order valence-corrected chi connectivity index (χ2v) is 11.7. The van der Waals surface area contributed by atoms with Gasteiger partial charge in [0.2, 0.25) is 5.91 Å². The van der Waals surface area contributed by atoms with Crippen molar-refractivity contribution in [3.63, 3.8) is 0 Å². The number of rotatable bonds is 10. The summed E-state index contributed by atoms with van der Waals surface area (Å²) in [5.41, 5.74) is 0.776. The number of aliphatic hydroxyl groups is 1. The Kier molecular flexibility index (Phi) is 9.46. The minimum atomic E-state index is -4.51. The first kappa shape index (κ1) is 29.9. The number of nitrogens with one attached hydrogen (secondary N) is 1. The van der Waals surface area contributed by atoms with Crippen LogP contribution in [0.5, 0.6) is 11.5 Å². The Morgan fingerprint density at radius 3 is 2.50 bits per heavy atom. The summed E-state index contributed by atoms with van der Waals surface area (Å²) < 4.78 is 28.6. The van der Waals surface area contributed by atoms with Crippen LogP contribution in [0.1, 0.15) is 37.5 Å². The van der Waals surface area contributed by atoms with Crippen LogP contribution < -0.4 is 19.7 Å². The van der Waals surface area contributed by atoms with E-state index in [0.717, 1.165) is 0 Å². The second kappa shape index (κ2) is 12.0. The number of hydrogen-bond acceptors (Lipinski definition) is 7. The van der Waals surface area contributed by atoms with Gasteiger partial charge in [-0.1, -0.05) is 37.6 Å². The number of anilines is 1. The third-order valence-electron chi connectivity index (χ3n) is 5.99. The molecule has 0 aliphatic carbocycles. The van der Waals surface area contributed by atoms with Crippen LogP contribution in [-0.4, -0.2) is 66.5 Å². The third-order valence-corrected chi connectivity index (χ3v) is 6.79. The lowest BCUT2D eigenvalue weighted by Crippen LogP contribution is -2.46. The number of carbonyl (C=O) groups is 2. The molecule has 0 fully saturated rings. The molecule has 4 N–H and O–H groups in total. The first-order valence-electron chi connectivity index (χ1n) is 11.7. The van der Waals surface area contributed by atoms with E-state index < -0.39 is 49.7 Å². The molecule has 0 unspecified atom stereocenters. The maximum atomic E-state index is 13.9. The molecular formula is C25H32ClN2O9P. The molecule has 13 heteroatoms. The van der Waals surface area contributed by atoms with Crippen LogP contribution in [0.4, 0.5) is 5.69 Å². The summed E-state index contributed by atoms with van der Waals surface area (Å²) in [6, 6.07) is 10.1. The number of carbonyl (C=O) groups excluding carboxylic acids is 2. The van der Waals surface area contributed by atoms with Gasteiger partial charge in [0.1, 0.15) is 18.5 Å².